The number of halogens is 3. The Hall–Kier alpha value is -3.93. The quantitative estimate of drug-likeness (QED) is 0.537. The SMILES string of the molecule is CCOC1=CC(c2cnc(NC(=O)Nc3ccc(OC4(C)COC4)c(C(F)(F)F)c3)c(C)n2)=CCC1=O. The molecule has 1 aromatic heterocycles. The molecule has 12 heteroatoms. The molecular formula is C25H25F3N4O5. The molecule has 2 heterocycles. The number of urea groups is 1. The molecule has 0 bridgehead atoms. The van der Waals surface area contributed by atoms with Gasteiger partial charge in [0.2, 0.25) is 5.78 Å². The summed E-state index contributed by atoms with van der Waals surface area (Å²) in [7, 11) is 0. The molecule has 2 amide bonds. The maximum atomic E-state index is 13.6. The van der Waals surface area contributed by atoms with Crippen molar-refractivity contribution >= 4 is 28.9 Å². The summed E-state index contributed by atoms with van der Waals surface area (Å²) in [4.78, 5) is 33.1. The molecule has 37 heavy (non-hydrogen) atoms. The van der Waals surface area contributed by atoms with Crippen LogP contribution in [-0.4, -0.2) is 47.2 Å². The van der Waals surface area contributed by atoms with Gasteiger partial charge in [0, 0.05) is 17.7 Å². The van der Waals surface area contributed by atoms with Gasteiger partial charge in [-0.2, -0.15) is 13.2 Å². The highest BCUT2D eigenvalue weighted by molar-refractivity contribution is 6.01. The van der Waals surface area contributed by atoms with E-state index in [0.29, 0.717) is 23.6 Å². The average molecular weight is 518 g/mol. The molecule has 1 saturated heterocycles. The van der Waals surface area contributed by atoms with Crippen LogP contribution in [0.4, 0.5) is 29.5 Å². The first-order valence-electron chi connectivity index (χ1n) is 11.5. The molecule has 0 spiro atoms. The zero-order chi connectivity index (χ0) is 26.8. The summed E-state index contributed by atoms with van der Waals surface area (Å²) in [6.45, 7) is 5.77. The lowest BCUT2D eigenvalue weighted by Gasteiger charge is -2.38. The lowest BCUT2D eigenvalue weighted by Crippen LogP contribution is -2.51. The van der Waals surface area contributed by atoms with Gasteiger partial charge in [-0.05, 0) is 45.0 Å². The topological polar surface area (TPSA) is 112 Å². The predicted octanol–water partition coefficient (Wildman–Crippen LogP) is 4.89. The molecule has 0 saturated carbocycles. The third kappa shape index (κ3) is 6.08. The largest absolute Gasteiger partial charge is 0.490 e. The standard InChI is InChI=1S/C25H25F3N4O5/c1-4-36-21-9-15(5-7-19(21)33)18-11-29-22(14(2)30-18)32-23(34)31-16-6-8-20(17(10-16)25(26,27)28)37-24(3)12-35-13-24/h5-6,8-11H,4,7,12-13H2,1-3H3,(H2,29,31,32,34). The fourth-order valence-corrected chi connectivity index (χ4v) is 3.69. The van der Waals surface area contributed by atoms with Crippen LogP contribution < -0.4 is 15.4 Å². The van der Waals surface area contributed by atoms with Crippen LogP contribution in [0.15, 0.2) is 42.3 Å². The predicted molar refractivity (Wildman–Crippen MR) is 128 cm³/mol. The maximum Gasteiger partial charge on any atom is 0.420 e. The summed E-state index contributed by atoms with van der Waals surface area (Å²) < 4.78 is 56.9. The zero-order valence-corrected chi connectivity index (χ0v) is 20.4. The van der Waals surface area contributed by atoms with E-state index >= 15 is 0 Å². The van der Waals surface area contributed by atoms with Crippen molar-refractivity contribution in [1.82, 2.24) is 9.97 Å². The van der Waals surface area contributed by atoms with Crippen molar-refractivity contribution in [3.05, 3.63) is 59.3 Å². The second kappa shape index (κ2) is 10.2. The number of nitrogens with zero attached hydrogens (tertiary/aromatic N) is 2. The van der Waals surface area contributed by atoms with Gasteiger partial charge >= 0.3 is 12.2 Å². The summed E-state index contributed by atoms with van der Waals surface area (Å²) in [6, 6.07) is 2.48. The van der Waals surface area contributed by atoms with Crippen LogP contribution in [-0.2, 0) is 20.4 Å². The van der Waals surface area contributed by atoms with E-state index in [4.69, 9.17) is 14.2 Å². The Morgan fingerprint density at radius 3 is 2.62 bits per heavy atom. The Morgan fingerprint density at radius 1 is 1.24 bits per heavy atom. The Kier molecular flexibility index (Phi) is 7.21. The molecule has 1 aromatic carbocycles. The van der Waals surface area contributed by atoms with Gasteiger partial charge in [-0.25, -0.2) is 14.8 Å². The van der Waals surface area contributed by atoms with E-state index < -0.39 is 23.4 Å². The number of rotatable bonds is 7. The smallest absolute Gasteiger partial charge is 0.420 e. The number of alkyl halides is 3. The van der Waals surface area contributed by atoms with Gasteiger partial charge in [-0.15, -0.1) is 0 Å². The number of carbonyl (C=O) groups is 2. The van der Waals surface area contributed by atoms with Crippen molar-refractivity contribution < 1.29 is 37.0 Å². The molecule has 0 atom stereocenters. The molecule has 1 aliphatic carbocycles. The van der Waals surface area contributed by atoms with Crippen molar-refractivity contribution in [2.24, 2.45) is 0 Å². The van der Waals surface area contributed by atoms with Crippen LogP contribution in [0, 0.1) is 6.92 Å². The van der Waals surface area contributed by atoms with Crippen LogP contribution >= 0.6 is 0 Å². The number of ether oxygens (including phenoxy) is 3. The first kappa shape index (κ1) is 26.1. The summed E-state index contributed by atoms with van der Waals surface area (Å²) >= 11 is 0. The Labute approximate surface area is 210 Å². The van der Waals surface area contributed by atoms with Crippen molar-refractivity contribution in [1.29, 1.82) is 0 Å². The van der Waals surface area contributed by atoms with Crippen LogP contribution in [0.1, 0.15) is 37.2 Å². The minimum Gasteiger partial charge on any atom is -0.490 e. The normalized spacial score (nSPS) is 16.8. The van der Waals surface area contributed by atoms with Gasteiger partial charge in [-0.3, -0.25) is 10.1 Å². The minimum absolute atomic E-state index is 0.0833. The first-order valence-corrected chi connectivity index (χ1v) is 11.5. The van der Waals surface area contributed by atoms with Gasteiger partial charge in [0.15, 0.2) is 17.2 Å². The molecule has 9 nitrogen and oxygen atoms in total. The van der Waals surface area contributed by atoms with E-state index in [-0.39, 0.29) is 48.4 Å². The fourth-order valence-electron chi connectivity index (χ4n) is 3.69. The van der Waals surface area contributed by atoms with Gasteiger partial charge in [-0.1, -0.05) is 6.08 Å². The van der Waals surface area contributed by atoms with Gasteiger partial charge in [0.25, 0.3) is 0 Å². The summed E-state index contributed by atoms with van der Waals surface area (Å²) in [5, 5.41) is 4.87. The molecule has 1 fully saturated rings. The third-order valence-corrected chi connectivity index (χ3v) is 5.56. The van der Waals surface area contributed by atoms with Crippen molar-refractivity contribution in [2.75, 3.05) is 30.5 Å². The van der Waals surface area contributed by atoms with E-state index in [9.17, 15) is 22.8 Å². The van der Waals surface area contributed by atoms with Crippen molar-refractivity contribution in [3.63, 3.8) is 0 Å². The number of ketones is 1. The Bertz CT molecular complexity index is 1290. The lowest BCUT2D eigenvalue weighted by atomic mass is 10.0. The van der Waals surface area contributed by atoms with Gasteiger partial charge in [0.1, 0.15) is 5.75 Å². The van der Waals surface area contributed by atoms with Gasteiger partial charge in [0.05, 0.1) is 43.0 Å². The Balaban J connectivity index is 1.46. The third-order valence-electron chi connectivity index (χ3n) is 5.56. The molecule has 0 unspecified atom stereocenters. The number of benzene rings is 1. The number of allylic oxidation sites excluding steroid dienone is 4. The van der Waals surface area contributed by atoms with Crippen LogP contribution in [0.3, 0.4) is 0 Å². The molecule has 2 aliphatic rings. The summed E-state index contributed by atoms with van der Waals surface area (Å²) in [5.41, 5.74) is -0.439. The first-order chi connectivity index (χ1) is 17.5. The van der Waals surface area contributed by atoms with Crippen LogP contribution in [0.25, 0.3) is 5.57 Å². The van der Waals surface area contributed by atoms with E-state index in [2.05, 4.69) is 20.6 Å². The van der Waals surface area contributed by atoms with E-state index in [1.54, 1.807) is 32.9 Å². The van der Waals surface area contributed by atoms with E-state index in [1.807, 2.05) is 0 Å². The number of aromatic nitrogens is 2. The van der Waals surface area contributed by atoms with Crippen LogP contribution in [0.5, 0.6) is 5.75 Å². The molecular weight excluding hydrogens is 493 g/mol. The number of aryl methyl sites for hydroxylation is 1. The average Bonchev–Trinajstić information content (AvgIpc) is 2.81. The van der Waals surface area contributed by atoms with E-state index in [1.165, 1.54) is 12.3 Å². The lowest BCUT2D eigenvalue weighted by molar-refractivity contribution is -0.160. The minimum atomic E-state index is -4.70. The number of anilines is 2. The zero-order valence-electron chi connectivity index (χ0n) is 20.4. The summed E-state index contributed by atoms with van der Waals surface area (Å²) in [6.07, 6.45) is 0.182. The van der Waals surface area contributed by atoms with E-state index in [0.717, 1.165) is 12.1 Å². The van der Waals surface area contributed by atoms with Crippen molar-refractivity contribution in [3.8, 4) is 5.75 Å². The number of nitrogens with one attached hydrogen (secondary N) is 2. The molecule has 1 aliphatic heterocycles. The molecule has 4 rings (SSSR count). The Morgan fingerprint density at radius 2 is 2.00 bits per heavy atom. The van der Waals surface area contributed by atoms with Crippen LogP contribution in [0.2, 0.25) is 0 Å². The van der Waals surface area contributed by atoms with Crippen molar-refractivity contribution in [2.45, 2.75) is 39.0 Å². The molecule has 0 radical (unpaired) electrons. The van der Waals surface area contributed by atoms with Gasteiger partial charge < -0.3 is 19.5 Å². The number of amides is 2. The second-order valence-electron chi connectivity index (χ2n) is 8.75. The maximum absolute atomic E-state index is 13.6. The number of hydrogen-bond donors (Lipinski definition) is 2. The highest BCUT2D eigenvalue weighted by Gasteiger charge is 2.40. The second-order valence-corrected chi connectivity index (χ2v) is 8.75. The highest BCUT2D eigenvalue weighted by atomic mass is 19.4. The number of carbonyl (C=O) groups excluding carboxylic acids is 2. The molecule has 2 N–H and O–H groups in total. The molecule has 196 valence electrons. The fraction of sp³-hybridized carbons (Fsp3) is 0.360. The molecule has 2 aromatic rings. The monoisotopic (exact) mass is 518 g/mol. The number of hydrogen-bond acceptors (Lipinski definition) is 7. The number of Topliss-reactive ketones (excluding diaryl/α,β-unsaturated/α-hetero) is 1. The summed E-state index contributed by atoms with van der Waals surface area (Å²) in [5.74, 6) is -0.117. The highest BCUT2D eigenvalue weighted by Crippen LogP contribution is 2.40.